The zero-order valence-electron chi connectivity index (χ0n) is 9.70. The highest BCUT2D eigenvalue weighted by Crippen LogP contribution is 2.25. The van der Waals surface area contributed by atoms with Crippen LogP contribution < -0.4 is 5.32 Å². The van der Waals surface area contributed by atoms with E-state index in [1.807, 2.05) is 6.07 Å². The highest BCUT2D eigenvalue weighted by molar-refractivity contribution is 5.00. The summed E-state index contributed by atoms with van der Waals surface area (Å²) >= 11 is 0. The second-order valence-corrected chi connectivity index (χ2v) is 4.97. The van der Waals surface area contributed by atoms with Gasteiger partial charge in [0, 0.05) is 18.5 Å². The molecule has 15 heavy (non-hydrogen) atoms. The fourth-order valence-electron chi connectivity index (χ4n) is 2.55. The quantitative estimate of drug-likeness (QED) is 0.821. The molecule has 0 aliphatic heterocycles. The molecule has 3 unspecified atom stereocenters. The minimum atomic E-state index is 0.520. The van der Waals surface area contributed by atoms with E-state index in [-0.39, 0.29) is 0 Å². The molecular weight excluding hydrogens is 186 g/mol. The van der Waals surface area contributed by atoms with Crippen LogP contribution in [0.2, 0.25) is 0 Å². The summed E-state index contributed by atoms with van der Waals surface area (Å²) in [7, 11) is 0. The lowest BCUT2D eigenvalue weighted by Gasteiger charge is -2.18. The lowest BCUT2D eigenvalue weighted by Crippen LogP contribution is -2.36. The first kappa shape index (κ1) is 10.7. The van der Waals surface area contributed by atoms with E-state index in [1.165, 1.54) is 19.3 Å². The van der Waals surface area contributed by atoms with E-state index in [9.17, 15) is 0 Å². The van der Waals surface area contributed by atoms with Gasteiger partial charge in [-0.3, -0.25) is 0 Å². The molecule has 0 bridgehead atoms. The van der Waals surface area contributed by atoms with Gasteiger partial charge in [0.1, 0.15) is 5.76 Å². The first-order valence-electron chi connectivity index (χ1n) is 6.02. The maximum atomic E-state index is 5.35. The SMILES string of the molecule is CC1CCC(NC(C)Cc2ccco2)C1. The van der Waals surface area contributed by atoms with Crippen molar-refractivity contribution < 1.29 is 4.42 Å². The van der Waals surface area contributed by atoms with Gasteiger partial charge in [0.05, 0.1) is 6.26 Å². The second-order valence-electron chi connectivity index (χ2n) is 4.97. The van der Waals surface area contributed by atoms with E-state index in [2.05, 4.69) is 25.2 Å². The molecule has 0 aromatic carbocycles. The Bertz CT molecular complexity index is 281. The molecular formula is C13H21NO. The number of nitrogens with one attached hydrogen (secondary N) is 1. The minimum absolute atomic E-state index is 0.520. The van der Waals surface area contributed by atoms with Gasteiger partial charge in [-0.1, -0.05) is 6.92 Å². The molecule has 84 valence electrons. The zero-order valence-corrected chi connectivity index (χ0v) is 9.70. The Morgan fingerprint density at radius 1 is 1.53 bits per heavy atom. The van der Waals surface area contributed by atoms with Crippen molar-refractivity contribution in [1.29, 1.82) is 0 Å². The highest BCUT2D eigenvalue weighted by Gasteiger charge is 2.22. The van der Waals surface area contributed by atoms with Crippen molar-refractivity contribution in [1.82, 2.24) is 5.32 Å². The van der Waals surface area contributed by atoms with Gasteiger partial charge < -0.3 is 9.73 Å². The lowest BCUT2D eigenvalue weighted by molar-refractivity contribution is 0.408. The molecule has 0 amide bonds. The van der Waals surface area contributed by atoms with Gasteiger partial charge in [0.15, 0.2) is 0 Å². The summed E-state index contributed by atoms with van der Waals surface area (Å²) in [5.41, 5.74) is 0. The molecule has 2 nitrogen and oxygen atoms in total. The number of hydrogen-bond acceptors (Lipinski definition) is 2. The smallest absolute Gasteiger partial charge is 0.105 e. The van der Waals surface area contributed by atoms with Gasteiger partial charge in [-0.15, -0.1) is 0 Å². The topological polar surface area (TPSA) is 25.2 Å². The standard InChI is InChI=1S/C13H21NO/c1-10-5-6-12(8-10)14-11(2)9-13-4-3-7-15-13/h3-4,7,10-12,14H,5-6,8-9H2,1-2H3. The Kier molecular flexibility index (Phi) is 3.47. The molecule has 1 N–H and O–H groups in total. The highest BCUT2D eigenvalue weighted by atomic mass is 16.3. The summed E-state index contributed by atoms with van der Waals surface area (Å²) in [4.78, 5) is 0. The number of hydrogen-bond donors (Lipinski definition) is 1. The first-order valence-corrected chi connectivity index (χ1v) is 6.02. The third kappa shape index (κ3) is 3.10. The summed E-state index contributed by atoms with van der Waals surface area (Å²) < 4.78 is 5.35. The normalized spacial score (nSPS) is 28.1. The monoisotopic (exact) mass is 207 g/mol. The molecule has 2 rings (SSSR count). The van der Waals surface area contributed by atoms with Crippen molar-refractivity contribution in [2.24, 2.45) is 5.92 Å². The molecule has 1 heterocycles. The van der Waals surface area contributed by atoms with E-state index >= 15 is 0 Å². The van der Waals surface area contributed by atoms with Crippen LogP contribution in [0.1, 0.15) is 38.9 Å². The van der Waals surface area contributed by atoms with Crippen molar-refractivity contribution >= 4 is 0 Å². The molecule has 1 aliphatic rings. The minimum Gasteiger partial charge on any atom is -0.469 e. The third-order valence-electron chi connectivity index (χ3n) is 3.30. The van der Waals surface area contributed by atoms with Gasteiger partial charge in [-0.2, -0.15) is 0 Å². The predicted molar refractivity (Wildman–Crippen MR) is 61.8 cm³/mol. The Labute approximate surface area is 92.1 Å². The van der Waals surface area contributed by atoms with Crippen LogP contribution in [0.5, 0.6) is 0 Å². The Hall–Kier alpha value is -0.760. The van der Waals surface area contributed by atoms with Crippen molar-refractivity contribution in [3.63, 3.8) is 0 Å². The van der Waals surface area contributed by atoms with Crippen molar-refractivity contribution in [3.05, 3.63) is 24.2 Å². The van der Waals surface area contributed by atoms with E-state index in [1.54, 1.807) is 6.26 Å². The molecule has 1 fully saturated rings. The average molecular weight is 207 g/mol. The predicted octanol–water partition coefficient (Wildman–Crippen LogP) is 2.99. The Morgan fingerprint density at radius 2 is 2.40 bits per heavy atom. The maximum Gasteiger partial charge on any atom is 0.105 e. The van der Waals surface area contributed by atoms with Crippen LogP contribution in [0.4, 0.5) is 0 Å². The van der Waals surface area contributed by atoms with Gasteiger partial charge in [-0.05, 0) is 44.2 Å². The zero-order chi connectivity index (χ0) is 10.7. The van der Waals surface area contributed by atoms with Crippen molar-refractivity contribution in [2.75, 3.05) is 0 Å². The average Bonchev–Trinajstić information content (AvgIpc) is 2.77. The molecule has 2 heteroatoms. The van der Waals surface area contributed by atoms with Gasteiger partial charge in [-0.25, -0.2) is 0 Å². The molecule has 1 aliphatic carbocycles. The summed E-state index contributed by atoms with van der Waals surface area (Å²) in [5.74, 6) is 1.99. The molecule has 3 atom stereocenters. The van der Waals surface area contributed by atoms with Crippen molar-refractivity contribution in [3.8, 4) is 0 Å². The van der Waals surface area contributed by atoms with Crippen LogP contribution in [0.25, 0.3) is 0 Å². The van der Waals surface area contributed by atoms with E-state index in [0.717, 1.165) is 24.1 Å². The fraction of sp³-hybridized carbons (Fsp3) is 0.692. The van der Waals surface area contributed by atoms with E-state index in [4.69, 9.17) is 4.42 Å². The summed E-state index contributed by atoms with van der Waals surface area (Å²) in [6.45, 7) is 4.59. The van der Waals surface area contributed by atoms with Gasteiger partial charge >= 0.3 is 0 Å². The molecule has 1 aromatic rings. The first-order chi connectivity index (χ1) is 7.24. The summed E-state index contributed by atoms with van der Waals surface area (Å²) in [5, 5.41) is 3.69. The van der Waals surface area contributed by atoms with E-state index < -0.39 is 0 Å². The van der Waals surface area contributed by atoms with Crippen molar-refractivity contribution in [2.45, 2.75) is 51.6 Å². The molecule has 0 spiro atoms. The van der Waals surface area contributed by atoms with Crippen LogP contribution in [-0.4, -0.2) is 12.1 Å². The second kappa shape index (κ2) is 4.84. The van der Waals surface area contributed by atoms with Crippen LogP contribution in [0.3, 0.4) is 0 Å². The Morgan fingerprint density at radius 3 is 3.00 bits per heavy atom. The Balaban J connectivity index is 1.75. The van der Waals surface area contributed by atoms with E-state index in [0.29, 0.717) is 6.04 Å². The van der Waals surface area contributed by atoms with Gasteiger partial charge in [0.2, 0.25) is 0 Å². The van der Waals surface area contributed by atoms with Crippen LogP contribution in [-0.2, 0) is 6.42 Å². The lowest BCUT2D eigenvalue weighted by atomic mass is 10.1. The summed E-state index contributed by atoms with van der Waals surface area (Å²) in [6, 6.07) is 5.26. The number of furan rings is 1. The van der Waals surface area contributed by atoms with Crippen LogP contribution >= 0.6 is 0 Å². The van der Waals surface area contributed by atoms with Gasteiger partial charge in [0.25, 0.3) is 0 Å². The van der Waals surface area contributed by atoms with Crippen LogP contribution in [0.15, 0.2) is 22.8 Å². The largest absolute Gasteiger partial charge is 0.469 e. The van der Waals surface area contributed by atoms with Crippen LogP contribution in [0, 0.1) is 5.92 Å². The molecule has 1 saturated carbocycles. The third-order valence-corrected chi connectivity index (χ3v) is 3.30. The number of rotatable bonds is 4. The molecule has 1 aromatic heterocycles. The summed E-state index contributed by atoms with van der Waals surface area (Å²) in [6.07, 6.45) is 6.80. The fourth-order valence-corrected chi connectivity index (χ4v) is 2.55. The molecule has 0 radical (unpaired) electrons. The maximum absolute atomic E-state index is 5.35. The molecule has 0 saturated heterocycles.